The van der Waals surface area contributed by atoms with E-state index in [2.05, 4.69) is 16.0 Å². The molecule has 0 aliphatic carbocycles. The van der Waals surface area contributed by atoms with Crippen LogP contribution in [0.4, 0.5) is 0 Å². The Morgan fingerprint density at radius 2 is 2.15 bits per heavy atom. The molecule has 0 saturated carbocycles. The molecule has 4 nitrogen and oxygen atoms in total. The standard InChI is InChI=1S/C16H14N2O2/c1-2-20-16(19)8-7-11-9-13-12-5-3-4-6-14(12)18-15(13)10-17-11/h3-10,18H,2H2,1H3. The molecule has 1 N–H and O–H groups in total. The summed E-state index contributed by atoms with van der Waals surface area (Å²) in [5, 5.41) is 2.25. The molecule has 3 aromatic rings. The lowest BCUT2D eigenvalue weighted by atomic mass is 10.1. The van der Waals surface area contributed by atoms with Gasteiger partial charge in [0.1, 0.15) is 0 Å². The molecule has 1 aromatic carbocycles. The second-order valence-electron chi connectivity index (χ2n) is 4.41. The zero-order valence-corrected chi connectivity index (χ0v) is 11.1. The van der Waals surface area contributed by atoms with Gasteiger partial charge in [-0.1, -0.05) is 18.2 Å². The zero-order valence-electron chi connectivity index (χ0n) is 11.1. The Hall–Kier alpha value is -2.62. The van der Waals surface area contributed by atoms with E-state index in [-0.39, 0.29) is 5.97 Å². The average molecular weight is 266 g/mol. The predicted octanol–water partition coefficient (Wildman–Crippen LogP) is 3.29. The smallest absolute Gasteiger partial charge is 0.330 e. The maximum absolute atomic E-state index is 11.3. The van der Waals surface area contributed by atoms with E-state index in [1.165, 1.54) is 6.08 Å². The first-order chi connectivity index (χ1) is 9.78. The van der Waals surface area contributed by atoms with Crippen molar-refractivity contribution >= 4 is 33.9 Å². The molecule has 0 amide bonds. The van der Waals surface area contributed by atoms with Gasteiger partial charge in [0.25, 0.3) is 0 Å². The van der Waals surface area contributed by atoms with Gasteiger partial charge in [-0.05, 0) is 25.1 Å². The molecule has 100 valence electrons. The molecule has 0 fully saturated rings. The fourth-order valence-corrected chi connectivity index (χ4v) is 2.20. The Labute approximate surface area is 116 Å². The number of H-pyrrole nitrogens is 1. The monoisotopic (exact) mass is 266 g/mol. The molecular formula is C16H14N2O2. The van der Waals surface area contributed by atoms with Gasteiger partial charge in [0.2, 0.25) is 0 Å². The van der Waals surface area contributed by atoms with E-state index >= 15 is 0 Å². The Kier molecular flexibility index (Phi) is 3.21. The minimum absolute atomic E-state index is 0.353. The number of para-hydroxylation sites is 1. The number of pyridine rings is 1. The molecule has 0 bridgehead atoms. The number of benzene rings is 1. The van der Waals surface area contributed by atoms with Gasteiger partial charge in [0, 0.05) is 22.4 Å². The second-order valence-corrected chi connectivity index (χ2v) is 4.41. The molecule has 4 heteroatoms. The van der Waals surface area contributed by atoms with Crippen LogP contribution in [-0.2, 0) is 9.53 Å². The number of aromatic amines is 1. The second kappa shape index (κ2) is 5.17. The Morgan fingerprint density at radius 3 is 3.00 bits per heavy atom. The Morgan fingerprint density at radius 1 is 1.30 bits per heavy atom. The average Bonchev–Trinajstić information content (AvgIpc) is 2.83. The molecule has 20 heavy (non-hydrogen) atoms. The van der Waals surface area contributed by atoms with Crippen LogP contribution in [-0.4, -0.2) is 22.5 Å². The zero-order chi connectivity index (χ0) is 13.9. The van der Waals surface area contributed by atoms with Gasteiger partial charge in [-0.2, -0.15) is 0 Å². The lowest BCUT2D eigenvalue weighted by molar-refractivity contribution is -0.137. The molecule has 3 rings (SSSR count). The van der Waals surface area contributed by atoms with E-state index in [9.17, 15) is 4.79 Å². The molecule has 2 heterocycles. The maximum Gasteiger partial charge on any atom is 0.330 e. The van der Waals surface area contributed by atoms with Gasteiger partial charge < -0.3 is 9.72 Å². The summed E-state index contributed by atoms with van der Waals surface area (Å²) >= 11 is 0. The van der Waals surface area contributed by atoms with Gasteiger partial charge in [-0.3, -0.25) is 4.98 Å². The Bertz CT molecular complexity index is 802. The van der Waals surface area contributed by atoms with Crippen molar-refractivity contribution in [3.8, 4) is 0 Å². The largest absolute Gasteiger partial charge is 0.463 e. The molecule has 2 aromatic heterocycles. The van der Waals surface area contributed by atoms with Gasteiger partial charge in [0.15, 0.2) is 0 Å². The minimum atomic E-state index is -0.353. The van der Waals surface area contributed by atoms with E-state index in [1.807, 2.05) is 24.3 Å². The number of hydrogen-bond acceptors (Lipinski definition) is 3. The Balaban J connectivity index is 2.01. The van der Waals surface area contributed by atoms with Crippen molar-refractivity contribution in [1.29, 1.82) is 0 Å². The molecule has 0 unspecified atom stereocenters. The number of hydrogen-bond donors (Lipinski definition) is 1. The normalized spacial score (nSPS) is 11.4. The highest BCUT2D eigenvalue weighted by atomic mass is 16.5. The van der Waals surface area contributed by atoms with Crippen LogP contribution in [0.3, 0.4) is 0 Å². The number of rotatable bonds is 3. The summed E-state index contributed by atoms with van der Waals surface area (Å²) in [6.45, 7) is 2.15. The van der Waals surface area contributed by atoms with Crippen molar-refractivity contribution in [1.82, 2.24) is 9.97 Å². The summed E-state index contributed by atoms with van der Waals surface area (Å²) in [4.78, 5) is 18.9. The quantitative estimate of drug-likeness (QED) is 0.584. The van der Waals surface area contributed by atoms with Crippen LogP contribution in [0.15, 0.2) is 42.6 Å². The number of carbonyl (C=O) groups is 1. The first kappa shape index (κ1) is 12.4. The van der Waals surface area contributed by atoms with Crippen LogP contribution in [0, 0.1) is 0 Å². The summed E-state index contributed by atoms with van der Waals surface area (Å²) in [6, 6.07) is 10.1. The van der Waals surface area contributed by atoms with Crippen LogP contribution in [0.25, 0.3) is 27.9 Å². The third-order valence-corrected chi connectivity index (χ3v) is 3.09. The van der Waals surface area contributed by atoms with Crippen LogP contribution in [0.2, 0.25) is 0 Å². The van der Waals surface area contributed by atoms with Crippen molar-refractivity contribution in [3.05, 3.63) is 48.3 Å². The lowest BCUT2D eigenvalue weighted by Crippen LogP contribution is -1.98. The fourth-order valence-electron chi connectivity index (χ4n) is 2.20. The van der Waals surface area contributed by atoms with Crippen molar-refractivity contribution in [2.24, 2.45) is 0 Å². The molecule has 0 atom stereocenters. The van der Waals surface area contributed by atoms with Gasteiger partial charge in [0.05, 0.1) is 24.0 Å². The minimum Gasteiger partial charge on any atom is -0.463 e. The number of nitrogens with zero attached hydrogens (tertiary/aromatic N) is 1. The summed E-state index contributed by atoms with van der Waals surface area (Å²) < 4.78 is 4.85. The van der Waals surface area contributed by atoms with E-state index in [4.69, 9.17) is 4.74 Å². The first-order valence-corrected chi connectivity index (χ1v) is 6.49. The summed E-state index contributed by atoms with van der Waals surface area (Å²) in [7, 11) is 0. The SMILES string of the molecule is CCOC(=O)C=Cc1cc2c(cn1)[nH]c1ccccc12. The van der Waals surface area contributed by atoms with Crippen molar-refractivity contribution in [3.63, 3.8) is 0 Å². The maximum atomic E-state index is 11.3. The van der Waals surface area contributed by atoms with Crippen molar-refractivity contribution in [2.75, 3.05) is 6.61 Å². The highest BCUT2D eigenvalue weighted by Gasteiger charge is 2.04. The number of aromatic nitrogens is 2. The van der Waals surface area contributed by atoms with E-state index in [1.54, 1.807) is 19.2 Å². The lowest BCUT2D eigenvalue weighted by Gasteiger charge is -1.96. The van der Waals surface area contributed by atoms with Crippen LogP contribution in [0.1, 0.15) is 12.6 Å². The van der Waals surface area contributed by atoms with Gasteiger partial charge in [-0.15, -0.1) is 0 Å². The number of nitrogens with one attached hydrogen (secondary N) is 1. The van der Waals surface area contributed by atoms with Gasteiger partial charge >= 0.3 is 5.97 Å². The highest BCUT2D eigenvalue weighted by molar-refractivity contribution is 6.07. The number of esters is 1. The van der Waals surface area contributed by atoms with E-state index in [0.717, 1.165) is 27.5 Å². The topological polar surface area (TPSA) is 55.0 Å². The summed E-state index contributed by atoms with van der Waals surface area (Å²) in [5.41, 5.74) is 2.80. The summed E-state index contributed by atoms with van der Waals surface area (Å²) in [5.74, 6) is -0.353. The molecular weight excluding hydrogens is 252 g/mol. The third kappa shape index (κ3) is 2.28. The molecule has 0 saturated heterocycles. The predicted molar refractivity (Wildman–Crippen MR) is 79.3 cm³/mol. The number of carbonyl (C=O) groups excluding carboxylic acids is 1. The molecule has 0 aliphatic rings. The number of ether oxygens (including phenoxy) is 1. The molecule has 0 radical (unpaired) electrons. The van der Waals surface area contributed by atoms with E-state index < -0.39 is 0 Å². The first-order valence-electron chi connectivity index (χ1n) is 6.49. The number of fused-ring (bicyclic) bond motifs is 3. The fraction of sp³-hybridized carbons (Fsp3) is 0.125. The van der Waals surface area contributed by atoms with Crippen molar-refractivity contribution < 1.29 is 9.53 Å². The van der Waals surface area contributed by atoms with E-state index in [0.29, 0.717) is 6.61 Å². The molecule has 0 spiro atoms. The highest BCUT2D eigenvalue weighted by Crippen LogP contribution is 2.25. The van der Waals surface area contributed by atoms with Crippen LogP contribution in [0.5, 0.6) is 0 Å². The van der Waals surface area contributed by atoms with Crippen molar-refractivity contribution in [2.45, 2.75) is 6.92 Å². The summed E-state index contributed by atoms with van der Waals surface area (Å²) in [6.07, 6.45) is 4.84. The van der Waals surface area contributed by atoms with Crippen LogP contribution >= 0.6 is 0 Å². The van der Waals surface area contributed by atoms with Gasteiger partial charge in [-0.25, -0.2) is 4.79 Å². The third-order valence-electron chi connectivity index (χ3n) is 3.09. The molecule has 0 aliphatic heterocycles. The van der Waals surface area contributed by atoms with Crippen LogP contribution < -0.4 is 0 Å².